The number of amides is 2. The van der Waals surface area contributed by atoms with Crippen LogP contribution in [0.15, 0.2) is 48.5 Å². The van der Waals surface area contributed by atoms with Crippen LogP contribution in [0.25, 0.3) is 0 Å². The number of nitrogens with one attached hydrogen (secondary N) is 1. The third kappa shape index (κ3) is 4.69. The average molecular weight is 393 g/mol. The Morgan fingerprint density at radius 3 is 2.52 bits per heavy atom. The van der Waals surface area contributed by atoms with Crippen LogP contribution < -0.4 is 5.32 Å². The third-order valence-corrected chi connectivity index (χ3v) is 5.93. The Hall–Kier alpha value is -2.62. The molecule has 2 amide bonds. The van der Waals surface area contributed by atoms with Gasteiger partial charge in [0.25, 0.3) is 5.91 Å². The van der Waals surface area contributed by atoms with E-state index in [4.69, 9.17) is 0 Å². The molecule has 2 aromatic rings. The molecule has 0 unspecified atom stereocenters. The van der Waals surface area contributed by atoms with E-state index in [0.29, 0.717) is 37.4 Å². The Bertz CT molecular complexity index is 873. The number of aryl methyl sites for hydroxylation is 2. The molecule has 0 fully saturated rings. The molecule has 4 nitrogen and oxygen atoms in total. The molecule has 0 saturated carbocycles. The van der Waals surface area contributed by atoms with Crippen LogP contribution in [0, 0.1) is 12.8 Å². The molecule has 1 atom stereocenters. The number of fused-ring (bicyclic) bond motifs is 1. The minimum absolute atomic E-state index is 0.0635. The monoisotopic (exact) mass is 392 g/mol. The summed E-state index contributed by atoms with van der Waals surface area (Å²) in [5.74, 6) is 0.387. The normalized spacial score (nSPS) is 19.1. The van der Waals surface area contributed by atoms with Crippen LogP contribution in [0.4, 0.5) is 0 Å². The highest BCUT2D eigenvalue weighted by atomic mass is 16.2. The SMILES string of the molecule is Cc1ccc(CN2C(=O)c3ccccc3CC[C@]2(C)C(=O)NCCC(C)C)cc1. The maximum atomic E-state index is 13.6. The molecule has 4 heteroatoms. The standard InChI is InChI=1S/C25H32N2O2/c1-18(2)14-16-26-24(29)25(4)15-13-21-7-5-6-8-22(21)23(28)27(25)17-20-11-9-19(3)10-12-20/h5-12,18H,13-17H2,1-4H3,(H,26,29)/t25-/m1/s1. The van der Waals surface area contributed by atoms with E-state index in [1.807, 2.05) is 62.4 Å². The van der Waals surface area contributed by atoms with Crippen molar-refractivity contribution in [2.45, 2.75) is 59.0 Å². The molecule has 3 rings (SSSR count). The number of hydrogen-bond acceptors (Lipinski definition) is 2. The molecule has 1 aliphatic heterocycles. The predicted molar refractivity (Wildman–Crippen MR) is 117 cm³/mol. The molecule has 2 aromatic carbocycles. The van der Waals surface area contributed by atoms with Crippen molar-refractivity contribution in [2.24, 2.45) is 5.92 Å². The van der Waals surface area contributed by atoms with Gasteiger partial charge < -0.3 is 10.2 Å². The van der Waals surface area contributed by atoms with Crippen LogP contribution in [0.1, 0.15) is 60.7 Å². The molecule has 0 bridgehead atoms. The fourth-order valence-corrected chi connectivity index (χ4v) is 3.85. The van der Waals surface area contributed by atoms with Crippen LogP contribution in [0.5, 0.6) is 0 Å². The summed E-state index contributed by atoms with van der Waals surface area (Å²) >= 11 is 0. The summed E-state index contributed by atoms with van der Waals surface area (Å²) in [6, 6.07) is 15.9. The molecule has 0 saturated heterocycles. The summed E-state index contributed by atoms with van der Waals surface area (Å²) in [6.45, 7) is 9.29. The molecule has 0 aromatic heterocycles. The summed E-state index contributed by atoms with van der Waals surface area (Å²) in [5.41, 5.74) is 3.04. The van der Waals surface area contributed by atoms with Gasteiger partial charge in [0.1, 0.15) is 5.54 Å². The van der Waals surface area contributed by atoms with Gasteiger partial charge in [-0.25, -0.2) is 0 Å². The zero-order valence-electron chi connectivity index (χ0n) is 18.0. The highest BCUT2D eigenvalue weighted by molar-refractivity contribution is 6.00. The van der Waals surface area contributed by atoms with Gasteiger partial charge in [0, 0.05) is 18.7 Å². The van der Waals surface area contributed by atoms with Gasteiger partial charge in [-0.3, -0.25) is 9.59 Å². The molecule has 0 spiro atoms. The smallest absolute Gasteiger partial charge is 0.255 e. The second kappa shape index (κ2) is 8.81. The lowest BCUT2D eigenvalue weighted by Crippen LogP contribution is -2.58. The van der Waals surface area contributed by atoms with E-state index in [1.54, 1.807) is 4.90 Å². The molecular weight excluding hydrogens is 360 g/mol. The molecule has 1 aliphatic rings. The molecule has 0 radical (unpaired) electrons. The third-order valence-electron chi connectivity index (χ3n) is 5.93. The first-order valence-electron chi connectivity index (χ1n) is 10.5. The zero-order valence-corrected chi connectivity index (χ0v) is 18.0. The average Bonchev–Trinajstić information content (AvgIpc) is 2.80. The van der Waals surface area contributed by atoms with E-state index in [2.05, 4.69) is 19.2 Å². The Morgan fingerprint density at radius 2 is 1.83 bits per heavy atom. The van der Waals surface area contributed by atoms with Crippen LogP contribution in [0.2, 0.25) is 0 Å². The van der Waals surface area contributed by atoms with Crippen LogP contribution in [-0.4, -0.2) is 28.8 Å². The number of benzene rings is 2. The van der Waals surface area contributed by atoms with Gasteiger partial charge in [0.2, 0.25) is 5.91 Å². The largest absolute Gasteiger partial charge is 0.354 e. The van der Waals surface area contributed by atoms with Crippen molar-refractivity contribution in [2.75, 3.05) is 6.54 Å². The Kier molecular flexibility index (Phi) is 6.41. The van der Waals surface area contributed by atoms with E-state index in [-0.39, 0.29) is 11.8 Å². The first-order valence-corrected chi connectivity index (χ1v) is 10.5. The molecular formula is C25H32N2O2. The Labute approximate surface area is 174 Å². The topological polar surface area (TPSA) is 49.4 Å². The summed E-state index contributed by atoms with van der Waals surface area (Å²) in [5, 5.41) is 3.09. The van der Waals surface area contributed by atoms with Crippen molar-refractivity contribution in [3.8, 4) is 0 Å². The Morgan fingerprint density at radius 1 is 1.14 bits per heavy atom. The van der Waals surface area contributed by atoms with Crippen molar-refractivity contribution >= 4 is 11.8 Å². The lowest BCUT2D eigenvalue weighted by atomic mass is 9.91. The predicted octanol–water partition coefficient (Wildman–Crippen LogP) is 4.50. The molecule has 1 heterocycles. The van der Waals surface area contributed by atoms with Crippen LogP contribution in [0.3, 0.4) is 0 Å². The van der Waals surface area contributed by atoms with E-state index >= 15 is 0 Å². The minimum Gasteiger partial charge on any atom is -0.354 e. The summed E-state index contributed by atoms with van der Waals surface area (Å²) in [4.78, 5) is 28.6. The van der Waals surface area contributed by atoms with Gasteiger partial charge in [-0.15, -0.1) is 0 Å². The molecule has 1 N–H and O–H groups in total. The van der Waals surface area contributed by atoms with E-state index in [0.717, 1.165) is 17.5 Å². The quantitative estimate of drug-likeness (QED) is 0.787. The first kappa shape index (κ1) is 21.1. The fourth-order valence-electron chi connectivity index (χ4n) is 3.85. The van der Waals surface area contributed by atoms with Gasteiger partial charge in [0.05, 0.1) is 0 Å². The number of hydrogen-bond donors (Lipinski definition) is 1. The van der Waals surface area contributed by atoms with Crippen molar-refractivity contribution in [3.63, 3.8) is 0 Å². The highest BCUT2D eigenvalue weighted by Gasteiger charge is 2.44. The van der Waals surface area contributed by atoms with Gasteiger partial charge in [-0.05, 0) is 56.2 Å². The maximum Gasteiger partial charge on any atom is 0.255 e. The number of nitrogens with zero attached hydrogens (tertiary/aromatic N) is 1. The van der Waals surface area contributed by atoms with E-state index < -0.39 is 5.54 Å². The highest BCUT2D eigenvalue weighted by Crippen LogP contribution is 2.32. The lowest BCUT2D eigenvalue weighted by Gasteiger charge is -2.39. The van der Waals surface area contributed by atoms with Gasteiger partial charge >= 0.3 is 0 Å². The molecule has 0 aliphatic carbocycles. The second-order valence-corrected chi connectivity index (χ2v) is 8.75. The number of carbonyl (C=O) groups excluding carboxylic acids is 2. The minimum atomic E-state index is -0.891. The first-order chi connectivity index (χ1) is 13.8. The van der Waals surface area contributed by atoms with Crippen molar-refractivity contribution in [3.05, 3.63) is 70.8 Å². The van der Waals surface area contributed by atoms with Gasteiger partial charge in [0.15, 0.2) is 0 Å². The van der Waals surface area contributed by atoms with E-state index in [9.17, 15) is 9.59 Å². The second-order valence-electron chi connectivity index (χ2n) is 8.75. The summed E-state index contributed by atoms with van der Waals surface area (Å²) in [7, 11) is 0. The number of rotatable bonds is 6. The lowest BCUT2D eigenvalue weighted by molar-refractivity contribution is -0.132. The Balaban J connectivity index is 1.94. The fraction of sp³-hybridized carbons (Fsp3) is 0.440. The number of carbonyl (C=O) groups is 2. The van der Waals surface area contributed by atoms with Crippen molar-refractivity contribution < 1.29 is 9.59 Å². The molecule has 154 valence electrons. The van der Waals surface area contributed by atoms with Crippen molar-refractivity contribution in [1.29, 1.82) is 0 Å². The zero-order chi connectivity index (χ0) is 21.0. The van der Waals surface area contributed by atoms with Crippen LogP contribution in [-0.2, 0) is 17.8 Å². The summed E-state index contributed by atoms with van der Waals surface area (Å²) < 4.78 is 0. The maximum absolute atomic E-state index is 13.6. The molecule has 29 heavy (non-hydrogen) atoms. The van der Waals surface area contributed by atoms with Crippen molar-refractivity contribution in [1.82, 2.24) is 10.2 Å². The van der Waals surface area contributed by atoms with Gasteiger partial charge in [-0.1, -0.05) is 61.9 Å². The summed E-state index contributed by atoms with van der Waals surface area (Å²) in [6.07, 6.45) is 2.24. The van der Waals surface area contributed by atoms with E-state index in [1.165, 1.54) is 5.56 Å². The van der Waals surface area contributed by atoms with Gasteiger partial charge in [-0.2, -0.15) is 0 Å². The van der Waals surface area contributed by atoms with Crippen LogP contribution >= 0.6 is 0 Å².